The lowest BCUT2D eigenvalue weighted by atomic mass is 10.0. The maximum absolute atomic E-state index is 12.0. The standard InChI is InChI=1S/C17H22ClNO5/c1-5-22-14-9-23-19-15(14)12-8-11(18)6-7-13(12)24-16(10(2)3)17(20)21-4/h6-8,10,14,16H,5,9H2,1-4H3/t14-,16+/m1/s1. The summed E-state index contributed by atoms with van der Waals surface area (Å²) in [6, 6.07) is 5.13. The molecule has 6 nitrogen and oxygen atoms in total. The van der Waals surface area contributed by atoms with E-state index in [9.17, 15) is 4.79 Å². The highest BCUT2D eigenvalue weighted by molar-refractivity contribution is 6.31. The molecule has 2 rings (SSSR count). The van der Waals surface area contributed by atoms with Crippen LogP contribution in [0.25, 0.3) is 0 Å². The summed E-state index contributed by atoms with van der Waals surface area (Å²) in [6.45, 7) is 6.53. The van der Waals surface area contributed by atoms with E-state index in [2.05, 4.69) is 5.16 Å². The van der Waals surface area contributed by atoms with Crippen molar-refractivity contribution < 1.29 is 23.8 Å². The average molecular weight is 356 g/mol. The molecule has 1 heterocycles. The Kier molecular flexibility index (Phi) is 6.45. The summed E-state index contributed by atoms with van der Waals surface area (Å²) in [4.78, 5) is 17.1. The summed E-state index contributed by atoms with van der Waals surface area (Å²) in [5.41, 5.74) is 1.25. The highest BCUT2D eigenvalue weighted by Gasteiger charge is 2.31. The van der Waals surface area contributed by atoms with E-state index in [1.165, 1.54) is 7.11 Å². The Balaban J connectivity index is 2.36. The van der Waals surface area contributed by atoms with Crippen LogP contribution in [0.4, 0.5) is 0 Å². The van der Waals surface area contributed by atoms with Crippen LogP contribution in [-0.2, 0) is 19.1 Å². The van der Waals surface area contributed by atoms with Crippen molar-refractivity contribution in [3.05, 3.63) is 28.8 Å². The van der Waals surface area contributed by atoms with Gasteiger partial charge in [-0.05, 0) is 25.1 Å². The molecule has 1 aromatic carbocycles. The minimum Gasteiger partial charge on any atom is -0.478 e. The summed E-state index contributed by atoms with van der Waals surface area (Å²) in [5, 5.41) is 4.59. The molecule has 132 valence electrons. The van der Waals surface area contributed by atoms with Gasteiger partial charge in [-0.1, -0.05) is 30.6 Å². The lowest BCUT2D eigenvalue weighted by Gasteiger charge is -2.22. The van der Waals surface area contributed by atoms with Crippen LogP contribution in [0.2, 0.25) is 5.02 Å². The summed E-state index contributed by atoms with van der Waals surface area (Å²) in [5.74, 6) is -0.0141. The molecule has 0 saturated heterocycles. The second-order valence-electron chi connectivity index (χ2n) is 5.66. The van der Waals surface area contributed by atoms with E-state index in [1.54, 1.807) is 18.2 Å². The van der Waals surface area contributed by atoms with Crippen LogP contribution < -0.4 is 4.74 Å². The quantitative estimate of drug-likeness (QED) is 0.703. The topological polar surface area (TPSA) is 66.3 Å². The molecule has 0 saturated carbocycles. The molecule has 1 aromatic rings. The number of ether oxygens (including phenoxy) is 3. The van der Waals surface area contributed by atoms with E-state index in [4.69, 9.17) is 30.6 Å². The molecular weight excluding hydrogens is 334 g/mol. The van der Waals surface area contributed by atoms with Crippen molar-refractivity contribution in [2.75, 3.05) is 20.3 Å². The van der Waals surface area contributed by atoms with E-state index in [1.807, 2.05) is 20.8 Å². The molecule has 7 heteroatoms. The first kappa shape index (κ1) is 18.5. The highest BCUT2D eigenvalue weighted by Crippen LogP contribution is 2.29. The lowest BCUT2D eigenvalue weighted by Crippen LogP contribution is -2.34. The van der Waals surface area contributed by atoms with Gasteiger partial charge in [0.15, 0.2) is 6.10 Å². The van der Waals surface area contributed by atoms with Crippen LogP contribution in [0.5, 0.6) is 5.75 Å². The number of benzene rings is 1. The number of methoxy groups -OCH3 is 1. The van der Waals surface area contributed by atoms with Gasteiger partial charge in [0.1, 0.15) is 24.2 Å². The SMILES string of the molecule is CCO[C@@H]1CON=C1c1cc(Cl)ccc1O[C@H](C(=O)OC)C(C)C. The van der Waals surface area contributed by atoms with Crippen LogP contribution in [0, 0.1) is 5.92 Å². The third kappa shape index (κ3) is 4.19. The van der Waals surface area contributed by atoms with Gasteiger partial charge in [0.05, 0.1) is 7.11 Å². The van der Waals surface area contributed by atoms with Crippen LogP contribution in [-0.4, -0.2) is 44.2 Å². The van der Waals surface area contributed by atoms with Crippen LogP contribution in [0.15, 0.2) is 23.4 Å². The third-order valence-corrected chi connectivity index (χ3v) is 3.81. The smallest absolute Gasteiger partial charge is 0.347 e. The first-order valence-corrected chi connectivity index (χ1v) is 8.21. The van der Waals surface area contributed by atoms with Crippen molar-refractivity contribution in [1.82, 2.24) is 0 Å². The number of esters is 1. The van der Waals surface area contributed by atoms with Crippen molar-refractivity contribution in [1.29, 1.82) is 0 Å². The minimum atomic E-state index is -0.733. The Morgan fingerprint density at radius 1 is 1.46 bits per heavy atom. The monoisotopic (exact) mass is 355 g/mol. The Hall–Kier alpha value is -1.79. The normalized spacial score (nSPS) is 18.1. The van der Waals surface area contributed by atoms with Crippen molar-refractivity contribution in [3.63, 3.8) is 0 Å². The molecule has 0 N–H and O–H groups in total. The molecule has 2 atom stereocenters. The molecule has 24 heavy (non-hydrogen) atoms. The number of rotatable bonds is 7. The van der Waals surface area contributed by atoms with Crippen molar-refractivity contribution in [2.45, 2.75) is 33.0 Å². The lowest BCUT2D eigenvalue weighted by molar-refractivity contribution is -0.150. The Bertz CT molecular complexity index is 617. The fraction of sp³-hybridized carbons (Fsp3) is 0.529. The van der Waals surface area contributed by atoms with Crippen LogP contribution >= 0.6 is 11.6 Å². The molecule has 0 fully saturated rings. The molecular formula is C17H22ClNO5. The van der Waals surface area contributed by atoms with Gasteiger partial charge in [0.25, 0.3) is 0 Å². The Morgan fingerprint density at radius 3 is 2.83 bits per heavy atom. The number of halogens is 1. The van der Waals surface area contributed by atoms with Gasteiger partial charge >= 0.3 is 5.97 Å². The molecule has 0 aromatic heterocycles. The zero-order valence-electron chi connectivity index (χ0n) is 14.2. The third-order valence-electron chi connectivity index (χ3n) is 3.57. The van der Waals surface area contributed by atoms with E-state index in [0.717, 1.165) is 0 Å². The summed E-state index contributed by atoms with van der Waals surface area (Å²) >= 11 is 6.13. The number of hydrogen-bond donors (Lipinski definition) is 0. The zero-order chi connectivity index (χ0) is 17.7. The first-order chi connectivity index (χ1) is 11.5. The van der Waals surface area contributed by atoms with Crippen molar-refractivity contribution in [3.8, 4) is 5.75 Å². The predicted molar refractivity (Wildman–Crippen MR) is 90.6 cm³/mol. The highest BCUT2D eigenvalue weighted by atomic mass is 35.5. The van der Waals surface area contributed by atoms with E-state index in [-0.39, 0.29) is 12.0 Å². The van der Waals surface area contributed by atoms with E-state index >= 15 is 0 Å². The second-order valence-corrected chi connectivity index (χ2v) is 6.10. The van der Waals surface area contributed by atoms with Crippen molar-refractivity contribution >= 4 is 23.3 Å². The largest absolute Gasteiger partial charge is 0.478 e. The maximum Gasteiger partial charge on any atom is 0.347 e. The molecule has 0 amide bonds. The number of hydrogen-bond acceptors (Lipinski definition) is 6. The number of oxime groups is 1. The molecule has 1 aliphatic rings. The average Bonchev–Trinajstić information content (AvgIpc) is 3.01. The van der Waals surface area contributed by atoms with Gasteiger partial charge in [-0.15, -0.1) is 0 Å². The summed E-state index contributed by atoms with van der Waals surface area (Å²) < 4.78 is 16.4. The van der Waals surface area contributed by atoms with Gasteiger partial charge < -0.3 is 19.0 Å². The summed E-state index contributed by atoms with van der Waals surface area (Å²) in [7, 11) is 1.34. The van der Waals surface area contributed by atoms with Gasteiger partial charge in [-0.2, -0.15) is 0 Å². The predicted octanol–water partition coefficient (Wildman–Crippen LogP) is 3.06. The first-order valence-electron chi connectivity index (χ1n) is 7.83. The number of nitrogens with zero attached hydrogens (tertiary/aromatic N) is 1. The molecule has 0 unspecified atom stereocenters. The van der Waals surface area contributed by atoms with Gasteiger partial charge in [0.2, 0.25) is 0 Å². The maximum atomic E-state index is 12.0. The molecule has 1 aliphatic heterocycles. The van der Waals surface area contributed by atoms with Gasteiger partial charge in [-0.3, -0.25) is 0 Å². The van der Waals surface area contributed by atoms with Crippen molar-refractivity contribution in [2.24, 2.45) is 11.1 Å². The molecule has 0 spiro atoms. The molecule has 0 radical (unpaired) electrons. The number of carbonyl (C=O) groups is 1. The van der Waals surface area contributed by atoms with Gasteiger partial charge in [-0.25, -0.2) is 4.79 Å². The Morgan fingerprint density at radius 2 is 2.21 bits per heavy atom. The van der Waals surface area contributed by atoms with E-state index < -0.39 is 12.1 Å². The second kappa shape index (κ2) is 8.35. The van der Waals surface area contributed by atoms with E-state index in [0.29, 0.717) is 35.3 Å². The number of carbonyl (C=O) groups excluding carboxylic acids is 1. The zero-order valence-corrected chi connectivity index (χ0v) is 15.0. The Labute approximate surface area is 146 Å². The fourth-order valence-corrected chi connectivity index (χ4v) is 2.55. The van der Waals surface area contributed by atoms with Crippen LogP contribution in [0.1, 0.15) is 26.3 Å². The fourth-order valence-electron chi connectivity index (χ4n) is 2.38. The molecule has 0 bridgehead atoms. The minimum absolute atomic E-state index is 0.0644. The molecule has 0 aliphatic carbocycles. The van der Waals surface area contributed by atoms with Gasteiger partial charge in [0, 0.05) is 23.1 Å². The summed E-state index contributed by atoms with van der Waals surface area (Å²) in [6.07, 6.45) is -1.03. The van der Waals surface area contributed by atoms with Crippen LogP contribution in [0.3, 0.4) is 0 Å².